The van der Waals surface area contributed by atoms with Crippen LogP contribution >= 0.6 is 0 Å². The summed E-state index contributed by atoms with van der Waals surface area (Å²) in [6, 6.07) is 0.311. The smallest absolute Gasteiger partial charge is 0.410 e. The molecule has 0 aliphatic carbocycles. The zero-order chi connectivity index (χ0) is 13.1. The Morgan fingerprint density at radius 1 is 1.47 bits per heavy atom. The first-order valence-corrected chi connectivity index (χ1v) is 6.13. The van der Waals surface area contributed by atoms with Gasteiger partial charge in [-0.25, -0.2) is 4.79 Å². The highest BCUT2D eigenvalue weighted by Gasteiger charge is 2.28. The third kappa shape index (κ3) is 4.52. The van der Waals surface area contributed by atoms with Crippen LogP contribution in [0.2, 0.25) is 0 Å². The Bertz CT molecular complexity index is 255. The van der Waals surface area contributed by atoms with Crippen LogP contribution in [-0.2, 0) is 4.74 Å². The van der Waals surface area contributed by atoms with Gasteiger partial charge in [-0.3, -0.25) is 0 Å². The maximum absolute atomic E-state index is 11.8. The summed E-state index contributed by atoms with van der Waals surface area (Å²) in [5, 5.41) is 12.2. The number of ether oxygens (including phenoxy) is 1. The van der Waals surface area contributed by atoms with Crippen LogP contribution in [0, 0.1) is 0 Å². The third-order valence-corrected chi connectivity index (χ3v) is 2.94. The zero-order valence-electron chi connectivity index (χ0n) is 11.2. The molecule has 2 N–H and O–H groups in total. The van der Waals surface area contributed by atoms with Crippen molar-refractivity contribution in [3.05, 3.63) is 0 Å². The Kier molecular flexibility index (Phi) is 4.77. The lowest BCUT2D eigenvalue weighted by molar-refractivity contribution is 0.0183. The molecule has 2 unspecified atom stereocenters. The molecule has 5 heteroatoms. The Labute approximate surface area is 103 Å². The third-order valence-electron chi connectivity index (χ3n) is 2.94. The minimum Gasteiger partial charge on any atom is -0.444 e. The lowest BCUT2D eigenvalue weighted by Gasteiger charge is -2.35. The number of hydrogen-bond acceptors (Lipinski definition) is 4. The average molecular weight is 244 g/mol. The van der Waals surface area contributed by atoms with E-state index in [0.717, 1.165) is 12.8 Å². The predicted molar refractivity (Wildman–Crippen MR) is 65.9 cm³/mol. The Balaban J connectivity index is 2.43. The van der Waals surface area contributed by atoms with Gasteiger partial charge in [-0.1, -0.05) is 0 Å². The summed E-state index contributed by atoms with van der Waals surface area (Å²) in [6.07, 6.45) is 1.49. The van der Waals surface area contributed by atoms with Crippen molar-refractivity contribution in [2.24, 2.45) is 0 Å². The van der Waals surface area contributed by atoms with E-state index in [4.69, 9.17) is 9.84 Å². The molecule has 17 heavy (non-hydrogen) atoms. The van der Waals surface area contributed by atoms with E-state index in [9.17, 15) is 4.79 Å². The van der Waals surface area contributed by atoms with Crippen molar-refractivity contribution in [1.82, 2.24) is 10.2 Å². The topological polar surface area (TPSA) is 61.8 Å². The summed E-state index contributed by atoms with van der Waals surface area (Å²) in [5.41, 5.74) is -0.457. The van der Waals surface area contributed by atoms with Crippen molar-refractivity contribution in [2.45, 2.75) is 51.3 Å². The molecule has 0 aromatic carbocycles. The average Bonchev–Trinajstić information content (AvgIpc) is 2.26. The van der Waals surface area contributed by atoms with Crippen molar-refractivity contribution in [2.75, 3.05) is 20.2 Å². The molecule has 0 spiro atoms. The highest BCUT2D eigenvalue weighted by atomic mass is 16.6. The molecule has 1 saturated heterocycles. The van der Waals surface area contributed by atoms with E-state index in [0.29, 0.717) is 6.54 Å². The molecule has 5 nitrogen and oxygen atoms in total. The van der Waals surface area contributed by atoms with Gasteiger partial charge < -0.3 is 20.1 Å². The molecule has 0 aromatic rings. The summed E-state index contributed by atoms with van der Waals surface area (Å²) in [5.74, 6) is 0. The first-order chi connectivity index (χ1) is 7.83. The van der Waals surface area contributed by atoms with Gasteiger partial charge in [-0.15, -0.1) is 0 Å². The summed E-state index contributed by atoms with van der Waals surface area (Å²) in [7, 11) is 1.76. The second-order valence-electron chi connectivity index (χ2n) is 5.61. The zero-order valence-corrected chi connectivity index (χ0v) is 11.2. The molecular formula is C12H24N2O3. The van der Waals surface area contributed by atoms with E-state index in [1.54, 1.807) is 11.9 Å². The number of aliphatic hydroxyl groups excluding tert-OH is 1. The minimum atomic E-state index is -0.457. The quantitative estimate of drug-likeness (QED) is 0.759. The van der Waals surface area contributed by atoms with Crippen molar-refractivity contribution >= 4 is 6.09 Å². The number of amides is 1. The van der Waals surface area contributed by atoms with Crippen LogP contribution in [0.4, 0.5) is 4.79 Å². The Morgan fingerprint density at radius 3 is 2.53 bits per heavy atom. The first kappa shape index (κ1) is 14.3. The molecule has 2 atom stereocenters. The monoisotopic (exact) mass is 244 g/mol. The predicted octanol–water partition coefficient (Wildman–Crippen LogP) is 0.966. The van der Waals surface area contributed by atoms with Crippen LogP contribution in [0.15, 0.2) is 0 Å². The second kappa shape index (κ2) is 5.69. The molecule has 1 heterocycles. The number of carbonyl (C=O) groups excluding carboxylic acids is 1. The van der Waals surface area contributed by atoms with E-state index in [-0.39, 0.29) is 24.8 Å². The molecule has 0 saturated carbocycles. The van der Waals surface area contributed by atoms with Gasteiger partial charge in [-0.2, -0.15) is 0 Å². The number of rotatable bonds is 2. The highest BCUT2D eigenvalue weighted by Crippen LogP contribution is 2.16. The lowest BCUT2D eigenvalue weighted by Crippen LogP contribution is -2.52. The van der Waals surface area contributed by atoms with Crippen LogP contribution in [0.5, 0.6) is 0 Å². The molecule has 1 amide bonds. The number of aliphatic hydroxyl groups is 1. The van der Waals surface area contributed by atoms with Gasteiger partial charge in [0.25, 0.3) is 0 Å². The highest BCUT2D eigenvalue weighted by molar-refractivity contribution is 5.68. The largest absolute Gasteiger partial charge is 0.444 e. The molecule has 0 bridgehead atoms. The van der Waals surface area contributed by atoms with Crippen molar-refractivity contribution in [3.63, 3.8) is 0 Å². The Morgan fingerprint density at radius 2 is 2.12 bits per heavy atom. The molecule has 1 rings (SSSR count). The fourth-order valence-electron chi connectivity index (χ4n) is 1.87. The molecule has 1 aliphatic rings. The van der Waals surface area contributed by atoms with Crippen LogP contribution in [-0.4, -0.2) is 54.0 Å². The van der Waals surface area contributed by atoms with Crippen LogP contribution in [0.25, 0.3) is 0 Å². The molecule has 1 fully saturated rings. The van der Waals surface area contributed by atoms with Crippen molar-refractivity contribution in [1.29, 1.82) is 0 Å². The lowest BCUT2D eigenvalue weighted by atomic mass is 10.0. The SMILES string of the molecule is CN(C(=O)OC(C)(C)C)C1CCC(CO)NC1. The molecule has 1 aliphatic heterocycles. The van der Waals surface area contributed by atoms with Crippen LogP contribution in [0.1, 0.15) is 33.6 Å². The van der Waals surface area contributed by atoms with Gasteiger partial charge in [0.2, 0.25) is 0 Å². The standard InChI is InChI=1S/C12H24N2O3/c1-12(2,3)17-11(16)14(4)10-6-5-9(8-15)13-7-10/h9-10,13,15H,5-8H2,1-4H3. The van der Waals surface area contributed by atoms with Gasteiger partial charge in [0, 0.05) is 25.7 Å². The van der Waals surface area contributed by atoms with Crippen LogP contribution in [0.3, 0.4) is 0 Å². The normalized spacial score (nSPS) is 25.5. The number of nitrogens with one attached hydrogen (secondary N) is 1. The van der Waals surface area contributed by atoms with Gasteiger partial charge in [0.1, 0.15) is 5.60 Å². The van der Waals surface area contributed by atoms with E-state index in [1.807, 2.05) is 20.8 Å². The first-order valence-electron chi connectivity index (χ1n) is 6.13. The maximum Gasteiger partial charge on any atom is 0.410 e. The maximum atomic E-state index is 11.8. The van der Waals surface area contributed by atoms with E-state index < -0.39 is 5.60 Å². The fraction of sp³-hybridized carbons (Fsp3) is 0.917. The molecular weight excluding hydrogens is 220 g/mol. The summed E-state index contributed by atoms with van der Waals surface area (Å²) in [4.78, 5) is 13.5. The Hall–Kier alpha value is -0.810. The summed E-state index contributed by atoms with van der Waals surface area (Å²) >= 11 is 0. The summed E-state index contributed by atoms with van der Waals surface area (Å²) in [6.45, 7) is 6.45. The number of hydrogen-bond donors (Lipinski definition) is 2. The summed E-state index contributed by atoms with van der Waals surface area (Å²) < 4.78 is 5.32. The number of carbonyl (C=O) groups is 1. The van der Waals surface area contributed by atoms with E-state index in [1.165, 1.54) is 0 Å². The molecule has 100 valence electrons. The van der Waals surface area contributed by atoms with Crippen molar-refractivity contribution < 1.29 is 14.6 Å². The van der Waals surface area contributed by atoms with Gasteiger partial charge in [-0.05, 0) is 33.6 Å². The minimum absolute atomic E-state index is 0.146. The van der Waals surface area contributed by atoms with Crippen LogP contribution < -0.4 is 5.32 Å². The second-order valence-corrected chi connectivity index (χ2v) is 5.61. The van der Waals surface area contributed by atoms with Gasteiger partial charge >= 0.3 is 6.09 Å². The van der Waals surface area contributed by atoms with Gasteiger partial charge in [0.15, 0.2) is 0 Å². The van der Waals surface area contributed by atoms with Crippen molar-refractivity contribution in [3.8, 4) is 0 Å². The molecule has 0 radical (unpaired) electrons. The number of likely N-dealkylation sites (N-methyl/N-ethyl adjacent to an activating group) is 1. The van der Waals surface area contributed by atoms with E-state index in [2.05, 4.69) is 5.32 Å². The van der Waals surface area contributed by atoms with Gasteiger partial charge in [0.05, 0.1) is 6.61 Å². The fourth-order valence-corrected chi connectivity index (χ4v) is 1.87. The number of nitrogens with zero attached hydrogens (tertiary/aromatic N) is 1. The molecule has 0 aromatic heterocycles. The van der Waals surface area contributed by atoms with E-state index >= 15 is 0 Å². The number of piperidine rings is 1.